The predicted molar refractivity (Wildman–Crippen MR) is 72.6 cm³/mol. The first-order valence-electron chi connectivity index (χ1n) is 6.26. The summed E-state index contributed by atoms with van der Waals surface area (Å²) in [5, 5.41) is 0. The molecule has 4 heteroatoms. The number of nitrogens with zero attached hydrogens (tertiary/aromatic N) is 1. The second kappa shape index (κ2) is 6.40. The van der Waals surface area contributed by atoms with E-state index in [-0.39, 0.29) is 6.09 Å². The molecule has 0 aliphatic carbocycles. The highest BCUT2D eigenvalue weighted by Gasteiger charge is 2.30. The standard InChI is InChI=1S/C14H22N2O2/c1-4-10-16(14(2,3)11-15)13(17)18-12-8-6-5-7-9-12/h5-9H,4,10-11,15H2,1-3H3. The van der Waals surface area contributed by atoms with Crippen LogP contribution in [0.25, 0.3) is 0 Å². The number of nitrogens with two attached hydrogens (primary N) is 1. The summed E-state index contributed by atoms with van der Waals surface area (Å²) in [5.41, 5.74) is 5.32. The van der Waals surface area contributed by atoms with E-state index < -0.39 is 5.54 Å². The van der Waals surface area contributed by atoms with Gasteiger partial charge in [-0.3, -0.25) is 0 Å². The Morgan fingerprint density at radius 3 is 2.44 bits per heavy atom. The highest BCUT2D eigenvalue weighted by molar-refractivity contribution is 5.71. The fourth-order valence-electron chi connectivity index (χ4n) is 1.62. The van der Waals surface area contributed by atoms with Gasteiger partial charge in [-0.2, -0.15) is 0 Å². The van der Waals surface area contributed by atoms with Crippen molar-refractivity contribution in [2.45, 2.75) is 32.7 Å². The molecular formula is C14H22N2O2. The molecule has 0 heterocycles. The van der Waals surface area contributed by atoms with Crippen molar-refractivity contribution in [2.24, 2.45) is 5.73 Å². The Kier molecular flexibility index (Phi) is 5.16. The van der Waals surface area contributed by atoms with Gasteiger partial charge in [-0.25, -0.2) is 4.79 Å². The molecule has 0 spiro atoms. The highest BCUT2D eigenvalue weighted by Crippen LogP contribution is 2.17. The third kappa shape index (κ3) is 3.74. The quantitative estimate of drug-likeness (QED) is 0.874. The van der Waals surface area contributed by atoms with Crippen molar-refractivity contribution in [1.82, 2.24) is 4.90 Å². The van der Waals surface area contributed by atoms with Crippen LogP contribution in [-0.4, -0.2) is 29.6 Å². The molecule has 100 valence electrons. The molecule has 1 aromatic rings. The summed E-state index contributed by atoms with van der Waals surface area (Å²) in [7, 11) is 0. The Morgan fingerprint density at radius 1 is 1.33 bits per heavy atom. The molecule has 0 aliphatic heterocycles. The maximum atomic E-state index is 12.2. The summed E-state index contributed by atoms with van der Waals surface area (Å²) in [4.78, 5) is 13.8. The number of carbonyl (C=O) groups excluding carboxylic acids is 1. The Morgan fingerprint density at radius 2 is 1.94 bits per heavy atom. The average Bonchev–Trinajstić information content (AvgIpc) is 2.36. The molecule has 0 bridgehead atoms. The van der Waals surface area contributed by atoms with Gasteiger partial charge in [0.15, 0.2) is 0 Å². The number of para-hydroxylation sites is 1. The second-order valence-electron chi connectivity index (χ2n) is 4.85. The van der Waals surface area contributed by atoms with Gasteiger partial charge in [-0.05, 0) is 32.4 Å². The highest BCUT2D eigenvalue weighted by atomic mass is 16.6. The molecule has 0 atom stereocenters. The molecule has 0 aliphatic rings. The number of hydrogen-bond acceptors (Lipinski definition) is 3. The van der Waals surface area contributed by atoms with Crippen molar-refractivity contribution in [1.29, 1.82) is 0 Å². The van der Waals surface area contributed by atoms with Crippen molar-refractivity contribution in [2.75, 3.05) is 13.1 Å². The molecule has 0 radical (unpaired) electrons. The molecule has 18 heavy (non-hydrogen) atoms. The molecule has 0 saturated carbocycles. The summed E-state index contributed by atoms with van der Waals surface area (Å²) in [5.74, 6) is 0.552. The molecule has 0 aromatic heterocycles. The summed E-state index contributed by atoms with van der Waals surface area (Å²) < 4.78 is 5.35. The zero-order valence-corrected chi connectivity index (χ0v) is 11.3. The molecule has 0 fully saturated rings. The third-order valence-electron chi connectivity index (χ3n) is 2.85. The van der Waals surface area contributed by atoms with E-state index in [9.17, 15) is 4.79 Å². The first kappa shape index (κ1) is 14.5. The summed E-state index contributed by atoms with van der Waals surface area (Å²) in [6.45, 7) is 6.94. The minimum atomic E-state index is -0.401. The van der Waals surface area contributed by atoms with Gasteiger partial charge in [0.1, 0.15) is 5.75 Å². The lowest BCUT2D eigenvalue weighted by Crippen LogP contribution is -2.53. The molecule has 0 unspecified atom stereocenters. The topological polar surface area (TPSA) is 55.6 Å². The summed E-state index contributed by atoms with van der Waals surface area (Å²) >= 11 is 0. The van der Waals surface area contributed by atoms with Crippen LogP contribution in [0.4, 0.5) is 4.79 Å². The predicted octanol–water partition coefficient (Wildman–Crippen LogP) is 2.63. The van der Waals surface area contributed by atoms with Crippen LogP contribution in [0.2, 0.25) is 0 Å². The van der Waals surface area contributed by atoms with E-state index >= 15 is 0 Å². The molecular weight excluding hydrogens is 228 g/mol. The minimum absolute atomic E-state index is 0.349. The zero-order chi connectivity index (χ0) is 13.6. The molecule has 1 rings (SSSR count). The fraction of sp³-hybridized carbons (Fsp3) is 0.500. The molecule has 2 N–H and O–H groups in total. The van der Waals surface area contributed by atoms with Gasteiger partial charge in [0, 0.05) is 13.1 Å². The number of rotatable bonds is 5. The van der Waals surface area contributed by atoms with Crippen molar-refractivity contribution in [3.63, 3.8) is 0 Å². The number of amides is 1. The van der Waals surface area contributed by atoms with Crippen LogP contribution < -0.4 is 10.5 Å². The van der Waals surface area contributed by atoms with E-state index in [0.29, 0.717) is 18.8 Å². The third-order valence-corrected chi connectivity index (χ3v) is 2.85. The largest absolute Gasteiger partial charge is 0.415 e. The molecule has 4 nitrogen and oxygen atoms in total. The average molecular weight is 250 g/mol. The van der Waals surface area contributed by atoms with Gasteiger partial charge in [-0.1, -0.05) is 25.1 Å². The Hall–Kier alpha value is -1.55. The van der Waals surface area contributed by atoms with Gasteiger partial charge in [0.25, 0.3) is 0 Å². The van der Waals surface area contributed by atoms with Crippen molar-refractivity contribution in [3.05, 3.63) is 30.3 Å². The summed E-state index contributed by atoms with van der Waals surface area (Å²) in [6, 6.07) is 9.07. The molecule has 1 amide bonds. The SMILES string of the molecule is CCCN(C(=O)Oc1ccccc1)C(C)(C)CN. The van der Waals surface area contributed by atoms with E-state index in [1.807, 2.05) is 39.0 Å². The minimum Gasteiger partial charge on any atom is -0.410 e. The van der Waals surface area contributed by atoms with Gasteiger partial charge in [-0.15, -0.1) is 0 Å². The van der Waals surface area contributed by atoms with Crippen molar-refractivity contribution in [3.8, 4) is 5.75 Å². The second-order valence-corrected chi connectivity index (χ2v) is 4.85. The number of carbonyl (C=O) groups is 1. The van der Waals surface area contributed by atoms with Gasteiger partial charge < -0.3 is 15.4 Å². The normalized spacial score (nSPS) is 11.1. The van der Waals surface area contributed by atoms with E-state index in [2.05, 4.69) is 0 Å². The Labute approximate surface area is 109 Å². The van der Waals surface area contributed by atoms with Crippen LogP contribution in [0, 0.1) is 0 Å². The van der Waals surface area contributed by atoms with Crippen molar-refractivity contribution < 1.29 is 9.53 Å². The maximum Gasteiger partial charge on any atom is 0.415 e. The van der Waals surface area contributed by atoms with Crippen LogP contribution in [0.15, 0.2) is 30.3 Å². The first-order valence-corrected chi connectivity index (χ1v) is 6.26. The lowest BCUT2D eigenvalue weighted by molar-refractivity contribution is 0.102. The number of benzene rings is 1. The smallest absolute Gasteiger partial charge is 0.410 e. The van der Waals surface area contributed by atoms with Crippen LogP contribution in [0.1, 0.15) is 27.2 Å². The van der Waals surface area contributed by atoms with Gasteiger partial charge >= 0.3 is 6.09 Å². The van der Waals surface area contributed by atoms with E-state index in [4.69, 9.17) is 10.5 Å². The number of ether oxygens (including phenoxy) is 1. The van der Waals surface area contributed by atoms with E-state index in [1.54, 1.807) is 17.0 Å². The van der Waals surface area contributed by atoms with E-state index in [1.165, 1.54) is 0 Å². The van der Waals surface area contributed by atoms with Crippen LogP contribution in [-0.2, 0) is 0 Å². The monoisotopic (exact) mass is 250 g/mol. The summed E-state index contributed by atoms with van der Waals surface area (Å²) in [6.07, 6.45) is 0.520. The van der Waals surface area contributed by atoms with Crippen LogP contribution >= 0.6 is 0 Å². The number of hydrogen-bond donors (Lipinski definition) is 1. The maximum absolute atomic E-state index is 12.2. The Bertz CT molecular complexity index is 377. The lowest BCUT2D eigenvalue weighted by atomic mass is 10.0. The fourth-order valence-corrected chi connectivity index (χ4v) is 1.62. The van der Waals surface area contributed by atoms with Crippen molar-refractivity contribution >= 4 is 6.09 Å². The first-order chi connectivity index (χ1) is 8.51. The zero-order valence-electron chi connectivity index (χ0n) is 11.3. The van der Waals surface area contributed by atoms with Crippen LogP contribution in [0.3, 0.4) is 0 Å². The van der Waals surface area contributed by atoms with E-state index in [0.717, 1.165) is 6.42 Å². The molecule has 1 aromatic carbocycles. The van der Waals surface area contributed by atoms with Gasteiger partial charge in [0.2, 0.25) is 0 Å². The Balaban J connectivity index is 2.78. The van der Waals surface area contributed by atoms with Gasteiger partial charge in [0.05, 0.1) is 5.54 Å². The lowest BCUT2D eigenvalue weighted by Gasteiger charge is -2.36. The van der Waals surface area contributed by atoms with Crippen LogP contribution in [0.5, 0.6) is 5.75 Å². The molecule has 0 saturated heterocycles.